The number of benzene rings is 2. The highest BCUT2D eigenvalue weighted by Crippen LogP contribution is 2.23. The van der Waals surface area contributed by atoms with Crippen LogP contribution in [0.15, 0.2) is 53.5 Å². The van der Waals surface area contributed by atoms with E-state index in [0.29, 0.717) is 17.8 Å². The molecule has 0 bridgehead atoms. The number of nitrogens with two attached hydrogens (primary N) is 1. The van der Waals surface area contributed by atoms with Gasteiger partial charge in [-0.25, -0.2) is 4.99 Å². The summed E-state index contributed by atoms with van der Waals surface area (Å²) in [5, 5.41) is 5.58. The van der Waals surface area contributed by atoms with Gasteiger partial charge in [0.05, 0.1) is 6.54 Å². The largest absolute Gasteiger partial charge is 0.573 e. The topological polar surface area (TPSA) is 88.7 Å². The molecule has 0 aromatic heterocycles. The molecule has 0 saturated heterocycles. The van der Waals surface area contributed by atoms with Gasteiger partial charge in [-0.1, -0.05) is 19.1 Å². The summed E-state index contributed by atoms with van der Waals surface area (Å²) in [6, 6.07) is 12.1. The molecule has 0 unspecified atom stereocenters. The van der Waals surface area contributed by atoms with Crippen LogP contribution < -0.4 is 21.1 Å². The molecule has 0 fully saturated rings. The first-order valence-corrected chi connectivity index (χ1v) is 8.56. The molecule has 0 aliphatic heterocycles. The molecule has 9 heteroatoms. The van der Waals surface area contributed by atoms with E-state index in [2.05, 4.69) is 20.4 Å². The third kappa shape index (κ3) is 7.18. The van der Waals surface area contributed by atoms with Crippen LogP contribution in [-0.4, -0.2) is 24.8 Å². The van der Waals surface area contributed by atoms with Crippen LogP contribution in [0.4, 0.5) is 18.9 Å². The van der Waals surface area contributed by atoms with Gasteiger partial charge in [0.15, 0.2) is 5.96 Å². The molecular formula is C19H21F3N4O2. The number of carbonyl (C=O) groups is 1. The van der Waals surface area contributed by atoms with Gasteiger partial charge in [-0.15, -0.1) is 13.2 Å². The molecule has 2 rings (SSSR count). The molecule has 0 radical (unpaired) electrons. The van der Waals surface area contributed by atoms with Gasteiger partial charge in [-0.05, 0) is 48.4 Å². The highest BCUT2D eigenvalue weighted by Gasteiger charge is 2.30. The van der Waals surface area contributed by atoms with E-state index in [1.807, 2.05) is 13.0 Å². The van der Waals surface area contributed by atoms with Crippen LogP contribution in [0, 0.1) is 0 Å². The number of hydrogen-bond acceptors (Lipinski definition) is 3. The highest BCUT2D eigenvalue weighted by molar-refractivity contribution is 5.94. The number of amides is 1. The molecule has 0 aliphatic rings. The molecule has 0 spiro atoms. The average Bonchev–Trinajstić information content (AvgIpc) is 2.65. The molecule has 2 aromatic carbocycles. The normalized spacial score (nSPS) is 11.8. The first kappa shape index (κ1) is 21.1. The van der Waals surface area contributed by atoms with Crippen molar-refractivity contribution in [3.63, 3.8) is 0 Å². The highest BCUT2D eigenvalue weighted by atomic mass is 19.4. The van der Waals surface area contributed by atoms with Crippen LogP contribution >= 0.6 is 0 Å². The third-order valence-electron chi connectivity index (χ3n) is 3.52. The van der Waals surface area contributed by atoms with Gasteiger partial charge in [-0.3, -0.25) is 4.79 Å². The Kier molecular flexibility index (Phi) is 7.25. The zero-order valence-electron chi connectivity index (χ0n) is 15.2. The standard InChI is InChI=1S/C19H21F3N4O2/c1-2-10-24-17(27)14-5-3-4-13(11-14)12-25-18(23)26-15-6-8-16(9-7-15)28-19(20,21)22/h3-9,11H,2,10,12H2,1H3,(H,24,27)(H3,23,25,26). The number of nitrogens with one attached hydrogen (secondary N) is 2. The number of alkyl halides is 3. The second kappa shape index (κ2) is 9.63. The second-order valence-electron chi connectivity index (χ2n) is 5.85. The summed E-state index contributed by atoms with van der Waals surface area (Å²) in [6.45, 7) is 2.81. The van der Waals surface area contributed by atoms with Crippen molar-refractivity contribution in [1.82, 2.24) is 5.32 Å². The molecular weight excluding hydrogens is 373 g/mol. The Morgan fingerprint density at radius 1 is 1.18 bits per heavy atom. The summed E-state index contributed by atoms with van der Waals surface area (Å²) in [6.07, 6.45) is -3.89. The van der Waals surface area contributed by atoms with Gasteiger partial charge in [0, 0.05) is 17.8 Å². The van der Waals surface area contributed by atoms with Crippen molar-refractivity contribution < 1.29 is 22.7 Å². The lowest BCUT2D eigenvalue weighted by Gasteiger charge is -2.10. The van der Waals surface area contributed by atoms with Crippen LogP contribution in [0.2, 0.25) is 0 Å². The number of guanidine groups is 1. The lowest BCUT2D eigenvalue weighted by molar-refractivity contribution is -0.274. The fourth-order valence-corrected chi connectivity index (χ4v) is 2.26. The number of rotatable bonds is 7. The van der Waals surface area contributed by atoms with Crippen LogP contribution in [0.3, 0.4) is 0 Å². The van der Waals surface area contributed by atoms with Crippen LogP contribution in [0.5, 0.6) is 5.75 Å². The van der Waals surface area contributed by atoms with Crippen LogP contribution in [-0.2, 0) is 6.54 Å². The number of hydrogen-bond donors (Lipinski definition) is 3. The van der Waals surface area contributed by atoms with Crippen molar-refractivity contribution in [2.75, 3.05) is 11.9 Å². The smallest absolute Gasteiger partial charge is 0.406 e. The quantitative estimate of drug-likeness (QED) is 0.494. The molecule has 150 valence electrons. The third-order valence-corrected chi connectivity index (χ3v) is 3.52. The van der Waals surface area contributed by atoms with E-state index >= 15 is 0 Å². The zero-order valence-corrected chi connectivity index (χ0v) is 15.2. The van der Waals surface area contributed by atoms with Crippen molar-refractivity contribution in [1.29, 1.82) is 0 Å². The van der Waals surface area contributed by atoms with Gasteiger partial charge in [-0.2, -0.15) is 0 Å². The average molecular weight is 394 g/mol. The SMILES string of the molecule is CCCNC(=O)c1cccc(CN=C(N)Nc2ccc(OC(F)(F)F)cc2)c1. The van der Waals surface area contributed by atoms with E-state index in [9.17, 15) is 18.0 Å². The Morgan fingerprint density at radius 3 is 2.54 bits per heavy atom. The molecule has 4 N–H and O–H groups in total. The van der Waals surface area contributed by atoms with Gasteiger partial charge >= 0.3 is 6.36 Å². The van der Waals surface area contributed by atoms with E-state index in [0.717, 1.165) is 12.0 Å². The van der Waals surface area contributed by atoms with Gasteiger partial charge in [0.25, 0.3) is 5.91 Å². The van der Waals surface area contributed by atoms with Crippen molar-refractivity contribution in [2.24, 2.45) is 10.7 Å². The Labute approximate surface area is 160 Å². The Morgan fingerprint density at radius 2 is 1.89 bits per heavy atom. The molecule has 0 atom stereocenters. The predicted octanol–water partition coefficient (Wildman–Crippen LogP) is 3.65. The predicted molar refractivity (Wildman–Crippen MR) is 101 cm³/mol. The lowest BCUT2D eigenvalue weighted by Crippen LogP contribution is -2.24. The van der Waals surface area contributed by atoms with E-state index in [4.69, 9.17) is 5.73 Å². The van der Waals surface area contributed by atoms with Crippen LogP contribution in [0.25, 0.3) is 0 Å². The van der Waals surface area contributed by atoms with E-state index < -0.39 is 6.36 Å². The number of anilines is 1. The van der Waals surface area contributed by atoms with Crippen molar-refractivity contribution >= 4 is 17.6 Å². The zero-order chi connectivity index (χ0) is 20.6. The van der Waals surface area contributed by atoms with Crippen molar-refractivity contribution in [3.8, 4) is 5.75 Å². The molecule has 0 heterocycles. The maximum absolute atomic E-state index is 12.2. The van der Waals surface area contributed by atoms with Gasteiger partial charge in [0.2, 0.25) is 0 Å². The number of carbonyl (C=O) groups excluding carboxylic acids is 1. The van der Waals surface area contributed by atoms with E-state index in [-0.39, 0.29) is 24.2 Å². The number of nitrogens with zero attached hydrogens (tertiary/aromatic N) is 1. The summed E-state index contributed by atoms with van der Waals surface area (Å²) in [5.41, 5.74) is 7.60. The monoisotopic (exact) mass is 394 g/mol. The Hall–Kier alpha value is -3.23. The van der Waals surface area contributed by atoms with Crippen molar-refractivity contribution in [3.05, 3.63) is 59.7 Å². The minimum Gasteiger partial charge on any atom is -0.406 e. The minimum atomic E-state index is -4.74. The minimum absolute atomic E-state index is 0.0883. The summed E-state index contributed by atoms with van der Waals surface area (Å²) in [5.74, 6) is -0.392. The molecule has 2 aromatic rings. The molecule has 6 nitrogen and oxygen atoms in total. The van der Waals surface area contributed by atoms with Gasteiger partial charge in [0.1, 0.15) is 5.75 Å². The summed E-state index contributed by atoms with van der Waals surface area (Å²) < 4.78 is 40.3. The summed E-state index contributed by atoms with van der Waals surface area (Å²) in [7, 11) is 0. The van der Waals surface area contributed by atoms with E-state index in [1.54, 1.807) is 18.2 Å². The second-order valence-corrected chi connectivity index (χ2v) is 5.85. The fourth-order valence-electron chi connectivity index (χ4n) is 2.26. The Bertz CT molecular complexity index is 821. The maximum atomic E-state index is 12.2. The fraction of sp³-hybridized carbons (Fsp3) is 0.263. The van der Waals surface area contributed by atoms with E-state index in [1.165, 1.54) is 24.3 Å². The number of halogens is 3. The Balaban J connectivity index is 1.94. The lowest BCUT2D eigenvalue weighted by atomic mass is 10.1. The first-order valence-electron chi connectivity index (χ1n) is 8.56. The summed E-state index contributed by atoms with van der Waals surface area (Å²) in [4.78, 5) is 16.2. The number of aliphatic imine (C=N–C) groups is 1. The first-order chi connectivity index (χ1) is 13.3. The number of ether oxygens (including phenoxy) is 1. The maximum Gasteiger partial charge on any atom is 0.573 e. The van der Waals surface area contributed by atoms with Crippen molar-refractivity contribution in [2.45, 2.75) is 26.3 Å². The molecule has 28 heavy (non-hydrogen) atoms. The van der Waals surface area contributed by atoms with Crippen LogP contribution in [0.1, 0.15) is 29.3 Å². The molecule has 0 saturated carbocycles. The molecule has 0 aliphatic carbocycles. The summed E-state index contributed by atoms with van der Waals surface area (Å²) >= 11 is 0. The van der Waals surface area contributed by atoms with Gasteiger partial charge < -0.3 is 21.1 Å². The molecule has 1 amide bonds.